The molecule has 2 nitrogen and oxygen atoms in total. The Bertz CT molecular complexity index is 219. The molecule has 1 aromatic rings. The van der Waals surface area contributed by atoms with E-state index >= 15 is 0 Å². The Balaban J connectivity index is 2.49. The highest BCUT2D eigenvalue weighted by Crippen LogP contribution is 2.26. The number of aryl methyl sites for hydroxylation is 1. The van der Waals surface area contributed by atoms with Crippen LogP contribution in [0.3, 0.4) is 0 Å². The lowest BCUT2D eigenvalue weighted by molar-refractivity contribution is 0.642. The van der Waals surface area contributed by atoms with Crippen molar-refractivity contribution < 1.29 is 0 Å². The van der Waals surface area contributed by atoms with Crippen molar-refractivity contribution in [2.45, 2.75) is 18.2 Å². The average molecular weight is 140 g/mol. The van der Waals surface area contributed by atoms with Crippen molar-refractivity contribution in [1.29, 1.82) is 0 Å². The molecule has 0 radical (unpaired) electrons. The molecule has 0 N–H and O–H groups in total. The van der Waals surface area contributed by atoms with Gasteiger partial charge in [-0.05, 0) is 18.9 Å². The maximum Gasteiger partial charge on any atom is 0.0949 e. The summed E-state index contributed by atoms with van der Waals surface area (Å²) in [5.74, 6) is 0. The molecular weight excluding hydrogens is 132 g/mol. The molecule has 3 heteroatoms. The summed E-state index contributed by atoms with van der Waals surface area (Å²) in [6.07, 6.45) is 4.10. The molecule has 0 spiro atoms. The zero-order chi connectivity index (χ0) is 6.27. The molecule has 0 aliphatic carbocycles. The monoisotopic (exact) mass is 140 g/mol. The first kappa shape index (κ1) is 5.35. The molecule has 0 saturated carbocycles. The molecule has 0 bridgehead atoms. The van der Waals surface area contributed by atoms with Crippen LogP contribution >= 0.6 is 12.6 Å². The zero-order valence-corrected chi connectivity index (χ0v) is 5.88. The fourth-order valence-corrected chi connectivity index (χ4v) is 1.54. The van der Waals surface area contributed by atoms with Crippen LogP contribution in [-0.2, 0) is 6.42 Å². The SMILES string of the molecule is SC1CCc2ccnn21. The first-order valence-corrected chi connectivity index (χ1v) is 3.60. The number of nitrogens with zero attached hydrogens (tertiary/aromatic N) is 2. The summed E-state index contributed by atoms with van der Waals surface area (Å²) in [6.45, 7) is 0. The van der Waals surface area contributed by atoms with Gasteiger partial charge in [0.1, 0.15) is 0 Å². The van der Waals surface area contributed by atoms with E-state index in [4.69, 9.17) is 0 Å². The quantitative estimate of drug-likeness (QED) is 0.537. The van der Waals surface area contributed by atoms with Gasteiger partial charge in [-0.2, -0.15) is 17.7 Å². The molecule has 48 valence electrons. The lowest BCUT2D eigenvalue weighted by atomic mass is 10.3. The van der Waals surface area contributed by atoms with Crippen molar-refractivity contribution in [2.24, 2.45) is 0 Å². The van der Waals surface area contributed by atoms with Crippen molar-refractivity contribution in [2.75, 3.05) is 0 Å². The van der Waals surface area contributed by atoms with Crippen LogP contribution in [0.1, 0.15) is 17.5 Å². The first-order chi connectivity index (χ1) is 4.38. The van der Waals surface area contributed by atoms with E-state index in [1.165, 1.54) is 5.69 Å². The van der Waals surface area contributed by atoms with Crippen LogP contribution in [0.4, 0.5) is 0 Å². The number of thiol groups is 1. The minimum absolute atomic E-state index is 0.329. The average Bonchev–Trinajstić information content (AvgIpc) is 2.35. The van der Waals surface area contributed by atoms with E-state index < -0.39 is 0 Å². The summed E-state index contributed by atoms with van der Waals surface area (Å²) in [6, 6.07) is 2.05. The molecule has 0 saturated heterocycles. The second kappa shape index (κ2) is 1.77. The van der Waals surface area contributed by atoms with Crippen molar-refractivity contribution >= 4 is 12.6 Å². The maximum absolute atomic E-state index is 4.34. The summed E-state index contributed by atoms with van der Waals surface area (Å²) in [4.78, 5) is 0. The highest BCUT2D eigenvalue weighted by molar-refractivity contribution is 7.80. The molecule has 1 atom stereocenters. The van der Waals surface area contributed by atoms with Crippen LogP contribution in [-0.4, -0.2) is 9.78 Å². The minimum Gasteiger partial charge on any atom is -0.257 e. The second-order valence-corrected chi connectivity index (χ2v) is 2.88. The van der Waals surface area contributed by atoms with Crippen LogP contribution in [0.2, 0.25) is 0 Å². The Hall–Kier alpha value is -0.440. The Kier molecular flexibility index (Phi) is 1.05. The third kappa shape index (κ3) is 0.678. The number of fused-ring (bicyclic) bond motifs is 1. The van der Waals surface area contributed by atoms with Gasteiger partial charge < -0.3 is 0 Å². The van der Waals surface area contributed by atoms with Gasteiger partial charge in [0.05, 0.1) is 5.37 Å². The van der Waals surface area contributed by atoms with Gasteiger partial charge in [0, 0.05) is 11.9 Å². The second-order valence-electron chi connectivity index (χ2n) is 2.29. The Morgan fingerprint density at radius 1 is 1.78 bits per heavy atom. The molecule has 0 aromatic carbocycles. The predicted molar refractivity (Wildman–Crippen MR) is 38.6 cm³/mol. The van der Waals surface area contributed by atoms with E-state index in [0.29, 0.717) is 5.37 Å². The summed E-state index contributed by atoms with van der Waals surface area (Å²) in [5.41, 5.74) is 1.31. The van der Waals surface area contributed by atoms with E-state index in [-0.39, 0.29) is 0 Å². The molecule has 2 heterocycles. The van der Waals surface area contributed by atoms with Crippen molar-refractivity contribution in [3.8, 4) is 0 Å². The smallest absolute Gasteiger partial charge is 0.0949 e. The highest BCUT2D eigenvalue weighted by atomic mass is 32.1. The Morgan fingerprint density at radius 2 is 2.67 bits per heavy atom. The van der Waals surface area contributed by atoms with Crippen LogP contribution in [0.25, 0.3) is 0 Å². The number of aromatic nitrogens is 2. The van der Waals surface area contributed by atoms with Crippen LogP contribution < -0.4 is 0 Å². The lowest BCUT2D eigenvalue weighted by Gasteiger charge is -2.00. The van der Waals surface area contributed by atoms with Crippen molar-refractivity contribution in [3.05, 3.63) is 18.0 Å². The van der Waals surface area contributed by atoms with E-state index in [0.717, 1.165) is 12.8 Å². The summed E-state index contributed by atoms with van der Waals surface area (Å²) in [5, 5.41) is 4.45. The first-order valence-electron chi connectivity index (χ1n) is 3.08. The van der Waals surface area contributed by atoms with E-state index in [2.05, 4.69) is 23.8 Å². The third-order valence-electron chi connectivity index (χ3n) is 1.69. The number of hydrogen-bond donors (Lipinski definition) is 1. The van der Waals surface area contributed by atoms with Gasteiger partial charge in [-0.3, -0.25) is 4.68 Å². The van der Waals surface area contributed by atoms with Gasteiger partial charge in [0.25, 0.3) is 0 Å². The Labute approximate surface area is 59.3 Å². The Morgan fingerprint density at radius 3 is 3.44 bits per heavy atom. The number of hydrogen-bond acceptors (Lipinski definition) is 2. The molecule has 1 aromatic heterocycles. The van der Waals surface area contributed by atoms with Crippen LogP contribution in [0.5, 0.6) is 0 Å². The fourth-order valence-electron chi connectivity index (χ4n) is 1.21. The highest BCUT2D eigenvalue weighted by Gasteiger charge is 2.17. The molecule has 0 fully saturated rings. The van der Waals surface area contributed by atoms with Crippen molar-refractivity contribution in [3.63, 3.8) is 0 Å². The van der Waals surface area contributed by atoms with Crippen LogP contribution in [0.15, 0.2) is 12.3 Å². The van der Waals surface area contributed by atoms with Gasteiger partial charge in [-0.15, -0.1) is 0 Å². The van der Waals surface area contributed by atoms with Gasteiger partial charge in [-0.25, -0.2) is 0 Å². The molecule has 2 rings (SSSR count). The topological polar surface area (TPSA) is 17.8 Å². The summed E-state index contributed by atoms with van der Waals surface area (Å²) in [7, 11) is 0. The standard InChI is InChI=1S/C6H8N2S/c9-6-2-1-5-3-4-7-8(5)6/h3-4,6,9H,1-2H2. The maximum atomic E-state index is 4.34. The molecule has 1 aliphatic rings. The van der Waals surface area contributed by atoms with Gasteiger partial charge in [0.2, 0.25) is 0 Å². The predicted octanol–water partition coefficient (Wildman–Crippen LogP) is 1.26. The molecule has 9 heavy (non-hydrogen) atoms. The minimum atomic E-state index is 0.329. The normalized spacial score (nSPS) is 24.3. The summed E-state index contributed by atoms with van der Waals surface area (Å²) < 4.78 is 1.98. The lowest BCUT2D eigenvalue weighted by Crippen LogP contribution is -1.97. The molecule has 0 amide bonds. The van der Waals surface area contributed by atoms with E-state index in [1.54, 1.807) is 0 Å². The molecule has 1 unspecified atom stereocenters. The van der Waals surface area contributed by atoms with Gasteiger partial charge >= 0.3 is 0 Å². The number of rotatable bonds is 0. The van der Waals surface area contributed by atoms with Crippen LogP contribution in [0, 0.1) is 0 Å². The fraction of sp³-hybridized carbons (Fsp3) is 0.500. The van der Waals surface area contributed by atoms with Gasteiger partial charge in [0.15, 0.2) is 0 Å². The molecular formula is C6H8N2S. The van der Waals surface area contributed by atoms with Gasteiger partial charge in [-0.1, -0.05) is 0 Å². The summed E-state index contributed by atoms with van der Waals surface area (Å²) >= 11 is 4.34. The zero-order valence-electron chi connectivity index (χ0n) is 4.99. The third-order valence-corrected chi connectivity index (χ3v) is 2.17. The molecule has 1 aliphatic heterocycles. The van der Waals surface area contributed by atoms with E-state index in [9.17, 15) is 0 Å². The largest absolute Gasteiger partial charge is 0.257 e. The van der Waals surface area contributed by atoms with Crippen molar-refractivity contribution in [1.82, 2.24) is 9.78 Å². The van der Waals surface area contributed by atoms with E-state index in [1.807, 2.05) is 10.9 Å².